The summed E-state index contributed by atoms with van der Waals surface area (Å²) in [5.41, 5.74) is 3.20. The quantitative estimate of drug-likeness (QED) is 0.583. The minimum Gasteiger partial charge on any atom is -0.493 e. The first-order chi connectivity index (χ1) is 13.8. The lowest BCUT2D eigenvalue weighted by Crippen LogP contribution is -2.26. The Balaban J connectivity index is 1.68. The summed E-state index contributed by atoms with van der Waals surface area (Å²) in [5, 5.41) is 0.945. The molecule has 0 aliphatic carbocycles. The molecule has 2 aromatic carbocycles. The van der Waals surface area contributed by atoms with Crippen LogP contribution in [-0.4, -0.2) is 34.2 Å². The molecule has 1 aromatic heterocycles. The molecule has 1 N–H and O–H groups in total. The summed E-state index contributed by atoms with van der Waals surface area (Å²) in [6.07, 6.45) is 0.571. The number of rotatable bonds is 8. The average molecular weight is 433 g/mol. The lowest BCUT2D eigenvalue weighted by atomic mass is 10.2. The van der Waals surface area contributed by atoms with Gasteiger partial charge < -0.3 is 9.47 Å². The van der Waals surface area contributed by atoms with Crippen LogP contribution < -0.4 is 14.2 Å². The van der Waals surface area contributed by atoms with Crippen molar-refractivity contribution in [2.75, 3.05) is 20.8 Å². The molecule has 0 atom stereocenters. The Morgan fingerprint density at radius 3 is 2.34 bits per heavy atom. The van der Waals surface area contributed by atoms with E-state index >= 15 is 0 Å². The maximum atomic E-state index is 12.6. The van der Waals surface area contributed by atoms with E-state index in [9.17, 15) is 8.42 Å². The number of aryl methyl sites for hydroxylation is 2. The van der Waals surface area contributed by atoms with Crippen LogP contribution in [0.15, 0.2) is 47.4 Å². The van der Waals surface area contributed by atoms with Crippen molar-refractivity contribution in [3.05, 3.63) is 58.6 Å². The van der Waals surface area contributed by atoms with Crippen LogP contribution in [0.2, 0.25) is 0 Å². The number of hydrogen-bond acceptors (Lipinski definition) is 6. The molecule has 1 heterocycles. The number of methoxy groups -OCH3 is 2. The Bertz CT molecular complexity index is 1090. The molecular formula is C21H24N2O4S2. The molecule has 0 aliphatic heterocycles. The molecule has 0 fully saturated rings. The van der Waals surface area contributed by atoms with Gasteiger partial charge in [0.2, 0.25) is 10.0 Å². The Labute approximate surface area is 175 Å². The first-order valence-corrected chi connectivity index (χ1v) is 11.4. The summed E-state index contributed by atoms with van der Waals surface area (Å²) in [4.78, 5) is 5.84. The smallest absolute Gasteiger partial charge is 0.240 e. The van der Waals surface area contributed by atoms with Gasteiger partial charge in [0.15, 0.2) is 11.5 Å². The highest BCUT2D eigenvalue weighted by Crippen LogP contribution is 2.30. The van der Waals surface area contributed by atoms with Crippen LogP contribution in [0.5, 0.6) is 11.5 Å². The Hall–Kier alpha value is -2.42. The van der Waals surface area contributed by atoms with Crippen LogP contribution in [0.25, 0.3) is 10.6 Å². The largest absolute Gasteiger partial charge is 0.493 e. The zero-order valence-electron chi connectivity index (χ0n) is 16.9. The SMILES string of the molecule is COc1ccc(S(=O)(=O)NCCc2sc(-c3ccc(C)cc3)nc2C)cc1OC. The number of benzene rings is 2. The van der Waals surface area contributed by atoms with Crippen LogP contribution in [-0.2, 0) is 16.4 Å². The van der Waals surface area contributed by atoms with Crippen molar-refractivity contribution in [2.45, 2.75) is 25.2 Å². The van der Waals surface area contributed by atoms with Gasteiger partial charge in [-0.15, -0.1) is 11.3 Å². The van der Waals surface area contributed by atoms with Crippen molar-refractivity contribution in [3.63, 3.8) is 0 Å². The van der Waals surface area contributed by atoms with E-state index in [2.05, 4.69) is 34.0 Å². The van der Waals surface area contributed by atoms with Crippen LogP contribution in [0.3, 0.4) is 0 Å². The number of ether oxygens (including phenoxy) is 2. The summed E-state index contributed by atoms with van der Waals surface area (Å²) < 4.78 is 38.2. The monoisotopic (exact) mass is 432 g/mol. The molecular weight excluding hydrogens is 408 g/mol. The molecule has 0 saturated carbocycles. The summed E-state index contributed by atoms with van der Waals surface area (Å²) in [6, 6.07) is 12.8. The van der Waals surface area contributed by atoms with Gasteiger partial charge in [0.25, 0.3) is 0 Å². The van der Waals surface area contributed by atoms with Gasteiger partial charge in [-0.25, -0.2) is 18.1 Å². The summed E-state index contributed by atoms with van der Waals surface area (Å²) in [7, 11) is -0.674. The zero-order valence-corrected chi connectivity index (χ0v) is 18.5. The van der Waals surface area contributed by atoms with Crippen LogP contribution in [0, 0.1) is 13.8 Å². The van der Waals surface area contributed by atoms with Gasteiger partial charge in [0.1, 0.15) is 5.01 Å². The molecule has 0 spiro atoms. The average Bonchev–Trinajstić information content (AvgIpc) is 3.08. The summed E-state index contributed by atoms with van der Waals surface area (Å²) in [6.45, 7) is 4.28. The van der Waals surface area contributed by atoms with E-state index in [0.29, 0.717) is 17.9 Å². The topological polar surface area (TPSA) is 77.5 Å². The molecule has 0 bridgehead atoms. The molecule has 0 radical (unpaired) electrons. The fraction of sp³-hybridized carbons (Fsp3) is 0.286. The fourth-order valence-corrected chi connectivity index (χ4v) is 4.96. The standard InChI is InChI=1S/C21H24N2O4S2/c1-14-5-7-16(8-6-14)21-23-15(2)20(28-21)11-12-22-29(24,25)17-9-10-18(26-3)19(13-17)27-4/h5-10,13,22H,11-12H2,1-4H3. The molecule has 6 nitrogen and oxygen atoms in total. The molecule has 0 unspecified atom stereocenters. The molecule has 154 valence electrons. The minimum atomic E-state index is -3.65. The fourth-order valence-electron chi connectivity index (χ4n) is 2.85. The predicted molar refractivity (Wildman–Crippen MR) is 115 cm³/mol. The second kappa shape index (κ2) is 8.94. The van der Waals surface area contributed by atoms with E-state index in [1.54, 1.807) is 17.4 Å². The van der Waals surface area contributed by atoms with Crippen molar-refractivity contribution in [2.24, 2.45) is 0 Å². The van der Waals surface area contributed by atoms with E-state index in [1.807, 2.05) is 13.8 Å². The third kappa shape index (κ3) is 4.95. The first-order valence-electron chi connectivity index (χ1n) is 9.09. The van der Waals surface area contributed by atoms with Gasteiger partial charge in [-0.2, -0.15) is 0 Å². The van der Waals surface area contributed by atoms with E-state index in [4.69, 9.17) is 9.47 Å². The van der Waals surface area contributed by atoms with E-state index in [1.165, 1.54) is 31.9 Å². The number of nitrogens with one attached hydrogen (secondary N) is 1. The summed E-state index contributed by atoms with van der Waals surface area (Å²) >= 11 is 1.59. The number of nitrogens with zero attached hydrogens (tertiary/aromatic N) is 1. The molecule has 0 saturated heterocycles. The van der Waals surface area contributed by atoms with E-state index in [0.717, 1.165) is 21.1 Å². The molecule has 0 amide bonds. The minimum absolute atomic E-state index is 0.136. The highest BCUT2D eigenvalue weighted by Gasteiger charge is 2.17. The number of thiazole rings is 1. The molecule has 8 heteroatoms. The Morgan fingerprint density at radius 2 is 1.69 bits per heavy atom. The van der Waals surface area contributed by atoms with Crippen molar-refractivity contribution in [1.82, 2.24) is 9.71 Å². The van der Waals surface area contributed by atoms with Crippen molar-refractivity contribution < 1.29 is 17.9 Å². The molecule has 3 aromatic rings. The molecule has 3 rings (SSSR count). The predicted octanol–water partition coefficient (Wildman–Crippen LogP) is 3.97. The maximum absolute atomic E-state index is 12.6. The highest BCUT2D eigenvalue weighted by atomic mass is 32.2. The lowest BCUT2D eigenvalue weighted by molar-refractivity contribution is 0.354. The number of sulfonamides is 1. The van der Waals surface area contributed by atoms with Crippen LogP contribution >= 0.6 is 11.3 Å². The van der Waals surface area contributed by atoms with Crippen molar-refractivity contribution in [3.8, 4) is 22.1 Å². The highest BCUT2D eigenvalue weighted by molar-refractivity contribution is 7.89. The van der Waals surface area contributed by atoms with E-state index < -0.39 is 10.0 Å². The van der Waals surface area contributed by atoms with Gasteiger partial charge >= 0.3 is 0 Å². The second-order valence-corrected chi connectivity index (χ2v) is 9.41. The normalized spacial score (nSPS) is 11.4. The second-order valence-electron chi connectivity index (χ2n) is 6.56. The lowest BCUT2D eigenvalue weighted by Gasteiger charge is -2.11. The zero-order chi connectivity index (χ0) is 21.0. The van der Waals surface area contributed by atoms with Crippen LogP contribution in [0.1, 0.15) is 16.1 Å². The van der Waals surface area contributed by atoms with Crippen molar-refractivity contribution >= 4 is 21.4 Å². The van der Waals surface area contributed by atoms with Gasteiger partial charge in [0, 0.05) is 23.1 Å². The van der Waals surface area contributed by atoms with Gasteiger partial charge in [-0.3, -0.25) is 0 Å². The van der Waals surface area contributed by atoms with Gasteiger partial charge in [-0.05, 0) is 32.4 Å². The van der Waals surface area contributed by atoms with Crippen LogP contribution in [0.4, 0.5) is 0 Å². The van der Waals surface area contributed by atoms with Gasteiger partial charge in [-0.1, -0.05) is 29.8 Å². The summed E-state index contributed by atoms with van der Waals surface area (Å²) in [5.74, 6) is 0.854. The molecule has 0 aliphatic rings. The third-order valence-electron chi connectivity index (χ3n) is 4.50. The van der Waals surface area contributed by atoms with Crippen molar-refractivity contribution in [1.29, 1.82) is 0 Å². The molecule has 29 heavy (non-hydrogen) atoms. The Morgan fingerprint density at radius 1 is 1.00 bits per heavy atom. The third-order valence-corrected chi connectivity index (χ3v) is 7.23. The number of aromatic nitrogens is 1. The Kier molecular flexibility index (Phi) is 6.56. The van der Waals surface area contributed by atoms with E-state index in [-0.39, 0.29) is 11.4 Å². The maximum Gasteiger partial charge on any atom is 0.240 e. The number of hydrogen-bond donors (Lipinski definition) is 1. The van der Waals surface area contributed by atoms with Gasteiger partial charge in [0.05, 0.1) is 24.8 Å². The first kappa shape index (κ1) is 21.3.